The predicted molar refractivity (Wildman–Crippen MR) is 78.6 cm³/mol. The maximum atomic E-state index is 14.0. The van der Waals surface area contributed by atoms with Crippen LogP contribution < -0.4 is 0 Å². The highest BCUT2D eigenvalue weighted by Crippen LogP contribution is 2.27. The smallest absolute Gasteiger partial charge is 0.339 e. The number of nitrogens with zero attached hydrogens (tertiary/aromatic N) is 2. The van der Waals surface area contributed by atoms with Gasteiger partial charge in [-0.2, -0.15) is 5.10 Å². The van der Waals surface area contributed by atoms with Gasteiger partial charge >= 0.3 is 5.97 Å². The molecule has 0 aliphatic rings. The first-order valence-corrected chi connectivity index (χ1v) is 7.07. The van der Waals surface area contributed by atoms with Crippen molar-refractivity contribution in [3.63, 3.8) is 0 Å². The minimum absolute atomic E-state index is 0.0752. The third-order valence-electron chi connectivity index (χ3n) is 3.32. The van der Waals surface area contributed by atoms with Crippen LogP contribution >= 0.6 is 0 Å². The van der Waals surface area contributed by atoms with Gasteiger partial charge in [0.2, 0.25) is 0 Å². The summed E-state index contributed by atoms with van der Waals surface area (Å²) in [5, 5.41) is 13.9. The molecule has 21 heavy (non-hydrogen) atoms. The summed E-state index contributed by atoms with van der Waals surface area (Å²) in [4.78, 5) is 11.6. The van der Waals surface area contributed by atoms with Gasteiger partial charge in [-0.3, -0.25) is 0 Å². The molecule has 0 saturated carbocycles. The summed E-state index contributed by atoms with van der Waals surface area (Å²) in [5.74, 6) is -1.50. The van der Waals surface area contributed by atoms with Gasteiger partial charge in [-0.25, -0.2) is 13.9 Å². The van der Waals surface area contributed by atoms with Gasteiger partial charge in [0.05, 0.1) is 11.4 Å². The van der Waals surface area contributed by atoms with Crippen LogP contribution in [0.5, 0.6) is 0 Å². The first kappa shape index (κ1) is 15.2. The van der Waals surface area contributed by atoms with Gasteiger partial charge in [-0.1, -0.05) is 39.3 Å². The molecule has 0 amide bonds. The molecule has 1 aromatic heterocycles. The molecule has 1 heterocycles. The monoisotopic (exact) mass is 290 g/mol. The Morgan fingerprint density at radius 3 is 2.57 bits per heavy atom. The second-order valence-corrected chi connectivity index (χ2v) is 5.28. The third-order valence-corrected chi connectivity index (χ3v) is 3.32. The molecule has 0 unspecified atom stereocenters. The average molecular weight is 290 g/mol. The number of rotatable bonds is 5. The second-order valence-electron chi connectivity index (χ2n) is 5.28. The molecule has 0 bridgehead atoms. The van der Waals surface area contributed by atoms with Crippen molar-refractivity contribution in [3.05, 3.63) is 47.0 Å². The molecule has 2 rings (SSSR count). The molecule has 5 heteroatoms. The molecule has 4 nitrogen and oxygen atoms in total. The van der Waals surface area contributed by atoms with Crippen molar-refractivity contribution < 1.29 is 14.3 Å². The molecular formula is C16H19FN2O2. The standard InChI is InChI=1S/C16H19FN2O2/c1-4-7-12-14(16(20)21)15(10(2)3)19(18-12)13-9-6-5-8-11(13)17/h5-6,8-10H,4,7H2,1-3H3,(H,20,21). The van der Waals surface area contributed by atoms with Crippen molar-refractivity contribution in [2.24, 2.45) is 0 Å². The molecule has 112 valence electrons. The lowest BCUT2D eigenvalue weighted by atomic mass is 10.0. The fraction of sp³-hybridized carbons (Fsp3) is 0.375. The van der Waals surface area contributed by atoms with Crippen molar-refractivity contribution >= 4 is 5.97 Å². The van der Waals surface area contributed by atoms with Crippen molar-refractivity contribution in [2.75, 3.05) is 0 Å². The normalized spacial score (nSPS) is 11.1. The molecule has 0 fully saturated rings. The van der Waals surface area contributed by atoms with Crippen molar-refractivity contribution in [2.45, 2.75) is 39.5 Å². The minimum Gasteiger partial charge on any atom is -0.478 e. The van der Waals surface area contributed by atoms with E-state index >= 15 is 0 Å². The summed E-state index contributed by atoms with van der Waals surface area (Å²) in [6.07, 6.45) is 1.34. The highest BCUT2D eigenvalue weighted by Gasteiger charge is 2.26. The molecule has 0 aliphatic heterocycles. The van der Waals surface area contributed by atoms with Crippen LogP contribution in [0.2, 0.25) is 0 Å². The Hall–Kier alpha value is -2.17. The Balaban J connectivity index is 2.74. The van der Waals surface area contributed by atoms with E-state index in [2.05, 4.69) is 5.10 Å². The fourth-order valence-electron chi connectivity index (χ4n) is 2.46. The van der Waals surface area contributed by atoms with Crippen LogP contribution in [0.4, 0.5) is 4.39 Å². The molecule has 1 aromatic carbocycles. The number of benzene rings is 1. The number of hydrogen-bond acceptors (Lipinski definition) is 2. The number of carboxylic acid groups (broad SMARTS) is 1. The number of aromatic nitrogens is 2. The number of carbonyl (C=O) groups is 1. The summed E-state index contributed by atoms with van der Waals surface area (Å²) in [6, 6.07) is 6.27. The van der Waals surface area contributed by atoms with E-state index in [1.165, 1.54) is 10.7 Å². The van der Waals surface area contributed by atoms with Gasteiger partial charge < -0.3 is 5.11 Å². The van der Waals surface area contributed by atoms with Crippen molar-refractivity contribution in [1.82, 2.24) is 9.78 Å². The zero-order valence-corrected chi connectivity index (χ0v) is 12.4. The molecule has 0 spiro atoms. The highest BCUT2D eigenvalue weighted by molar-refractivity contribution is 5.90. The van der Waals surface area contributed by atoms with E-state index < -0.39 is 11.8 Å². The maximum absolute atomic E-state index is 14.0. The van der Waals surface area contributed by atoms with Crippen LogP contribution in [0.1, 0.15) is 54.9 Å². The van der Waals surface area contributed by atoms with E-state index in [0.717, 1.165) is 6.42 Å². The molecule has 0 atom stereocenters. The van der Waals surface area contributed by atoms with Crippen LogP contribution in [0.3, 0.4) is 0 Å². The van der Waals surface area contributed by atoms with E-state index in [1.807, 2.05) is 20.8 Å². The number of halogens is 1. The van der Waals surface area contributed by atoms with Crippen molar-refractivity contribution in [3.8, 4) is 5.69 Å². The van der Waals surface area contributed by atoms with Gasteiger partial charge in [0, 0.05) is 0 Å². The Kier molecular flexibility index (Phi) is 4.40. The highest BCUT2D eigenvalue weighted by atomic mass is 19.1. The van der Waals surface area contributed by atoms with Crippen LogP contribution in [0.15, 0.2) is 24.3 Å². The zero-order chi connectivity index (χ0) is 15.6. The Morgan fingerprint density at radius 1 is 1.38 bits per heavy atom. The number of para-hydroxylation sites is 1. The summed E-state index contributed by atoms with van der Waals surface area (Å²) < 4.78 is 15.5. The van der Waals surface area contributed by atoms with Gasteiger partial charge in [-0.15, -0.1) is 0 Å². The van der Waals surface area contributed by atoms with E-state index in [-0.39, 0.29) is 17.2 Å². The summed E-state index contributed by atoms with van der Waals surface area (Å²) >= 11 is 0. The average Bonchev–Trinajstić information content (AvgIpc) is 2.79. The second kappa shape index (κ2) is 6.08. The first-order valence-electron chi connectivity index (χ1n) is 7.07. The van der Waals surface area contributed by atoms with Gasteiger partial charge in [0.1, 0.15) is 17.1 Å². The lowest BCUT2D eigenvalue weighted by Gasteiger charge is -2.11. The number of aromatic carboxylic acids is 1. The fourth-order valence-corrected chi connectivity index (χ4v) is 2.46. The lowest BCUT2D eigenvalue weighted by molar-refractivity contribution is 0.0694. The number of aryl methyl sites for hydroxylation is 1. The number of carboxylic acids is 1. The molecule has 0 saturated heterocycles. The van der Waals surface area contributed by atoms with E-state index in [9.17, 15) is 14.3 Å². The van der Waals surface area contributed by atoms with E-state index in [4.69, 9.17) is 0 Å². The molecular weight excluding hydrogens is 271 g/mol. The summed E-state index contributed by atoms with van der Waals surface area (Å²) in [5.41, 5.74) is 1.54. The summed E-state index contributed by atoms with van der Waals surface area (Å²) in [6.45, 7) is 5.73. The molecule has 1 N–H and O–H groups in total. The quantitative estimate of drug-likeness (QED) is 0.911. The molecule has 0 aliphatic carbocycles. The third kappa shape index (κ3) is 2.82. The number of hydrogen-bond donors (Lipinski definition) is 1. The Labute approximate surface area is 123 Å². The molecule has 0 radical (unpaired) electrons. The molecule has 2 aromatic rings. The van der Waals surface area contributed by atoms with Crippen LogP contribution in [-0.2, 0) is 6.42 Å². The first-order chi connectivity index (χ1) is 9.97. The van der Waals surface area contributed by atoms with Gasteiger partial charge in [0.15, 0.2) is 0 Å². The largest absolute Gasteiger partial charge is 0.478 e. The SMILES string of the molecule is CCCc1nn(-c2ccccc2F)c(C(C)C)c1C(=O)O. The van der Waals surface area contributed by atoms with Gasteiger partial charge in [-0.05, 0) is 24.5 Å². The zero-order valence-electron chi connectivity index (χ0n) is 12.4. The minimum atomic E-state index is -1.01. The Morgan fingerprint density at radius 2 is 2.05 bits per heavy atom. The van der Waals surface area contributed by atoms with Gasteiger partial charge in [0.25, 0.3) is 0 Å². The lowest BCUT2D eigenvalue weighted by Crippen LogP contribution is -2.09. The van der Waals surface area contributed by atoms with Crippen LogP contribution in [0.25, 0.3) is 5.69 Å². The maximum Gasteiger partial charge on any atom is 0.339 e. The van der Waals surface area contributed by atoms with Crippen LogP contribution in [0, 0.1) is 5.82 Å². The van der Waals surface area contributed by atoms with Crippen LogP contribution in [-0.4, -0.2) is 20.9 Å². The van der Waals surface area contributed by atoms with Crippen molar-refractivity contribution in [1.29, 1.82) is 0 Å². The topological polar surface area (TPSA) is 55.1 Å². The van der Waals surface area contributed by atoms with E-state index in [1.54, 1.807) is 18.2 Å². The predicted octanol–water partition coefficient (Wildman–Crippen LogP) is 3.79. The Bertz CT molecular complexity index is 662. The van der Waals surface area contributed by atoms with E-state index in [0.29, 0.717) is 17.8 Å². The summed E-state index contributed by atoms with van der Waals surface area (Å²) in [7, 11) is 0.